The van der Waals surface area contributed by atoms with Crippen LogP contribution in [0.5, 0.6) is 23.0 Å². The van der Waals surface area contributed by atoms with Crippen LogP contribution in [-0.4, -0.2) is 30.0 Å². The molecule has 2 heterocycles. The van der Waals surface area contributed by atoms with Crippen molar-refractivity contribution < 1.29 is 28.3 Å². The van der Waals surface area contributed by atoms with Gasteiger partial charge in [0, 0.05) is 28.8 Å². The van der Waals surface area contributed by atoms with E-state index in [9.17, 15) is 5.11 Å². The second-order valence-electron chi connectivity index (χ2n) is 8.95. The quantitative estimate of drug-likeness (QED) is 0.398. The molecular formula is C24H28BFO5. The lowest BCUT2D eigenvalue weighted by Gasteiger charge is -2.32. The zero-order valence-corrected chi connectivity index (χ0v) is 18.6. The third-order valence-electron chi connectivity index (χ3n) is 6.14. The molecule has 0 amide bonds. The smallest absolute Gasteiger partial charge is 0.508 e. The van der Waals surface area contributed by atoms with Crippen LogP contribution in [0, 0.1) is 0 Å². The van der Waals surface area contributed by atoms with Gasteiger partial charge in [-0.15, -0.1) is 0 Å². The average molecular weight is 426 g/mol. The van der Waals surface area contributed by atoms with Gasteiger partial charge in [-0.3, -0.25) is 0 Å². The summed E-state index contributed by atoms with van der Waals surface area (Å²) in [6, 6.07) is 9.95. The van der Waals surface area contributed by atoms with E-state index in [0.717, 1.165) is 12.8 Å². The zero-order valence-electron chi connectivity index (χ0n) is 18.6. The maximum Gasteiger partial charge on any atom is 0.525 e. The van der Waals surface area contributed by atoms with E-state index in [2.05, 4.69) is 6.92 Å². The fraction of sp³-hybridized carbons (Fsp3) is 0.417. The van der Waals surface area contributed by atoms with Gasteiger partial charge in [-0.1, -0.05) is 13.3 Å². The van der Waals surface area contributed by atoms with Crippen LogP contribution in [0.2, 0.25) is 0 Å². The summed E-state index contributed by atoms with van der Waals surface area (Å²) in [4.78, 5) is 0. The Hall–Kier alpha value is -2.51. The molecular weight excluding hydrogens is 398 g/mol. The summed E-state index contributed by atoms with van der Waals surface area (Å²) >= 11 is 0. The molecule has 0 atom stereocenters. The molecule has 1 fully saturated rings. The van der Waals surface area contributed by atoms with E-state index in [1.54, 1.807) is 24.3 Å². The standard InChI is InChI=1S/C24H28BFO5/c1-6-7-12-28-16-9-11-18-20(14-16)29-19-13-15(27)8-10-17(19)21(18)22(26)25-30-23(2,3)24(4,5)31-25/h8-11,13-14,27H,6-7,12H2,1-5H3. The van der Waals surface area contributed by atoms with E-state index in [1.807, 2.05) is 27.7 Å². The lowest BCUT2D eigenvalue weighted by Crippen LogP contribution is -2.41. The molecule has 0 aromatic heterocycles. The summed E-state index contributed by atoms with van der Waals surface area (Å²) < 4.78 is 39.7. The predicted octanol–water partition coefficient (Wildman–Crippen LogP) is 6.04. The minimum atomic E-state index is -1.15. The molecule has 2 aliphatic rings. The molecule has 7 heteroatoms. The number of phenols is 1. The van der Waals surface area contributed by atoms with Crippen molar-refractivity contribution in [3.05, 3.63) is 53.3 Å². The van der Waals surface area contributed by atoms with Gasteiger partial charge in [0.1, 0.15) is 28.7 Å². The van der Waals surface area contributed by atoms with Crippen molar-refractivity contribution >= 4 is 12.7 Å². The van der Waals surface area contributed by atoms with Crippen molar-refractivity contribution in [1.82, 2.24) is 0 Å². The number of phenolic OH excluding ortho intramolecular Hbond substituents is 1. The fourth-order valence-corrected chi connectivity index (χ4v) is 3.61. The molecule has 0 radical (unpaired) electrons. The van der Waals surface area contributed by atoms with E-state index in [4.69, 9.17) is 18.8 Å². The average Bonchev–Trinajstić information content (AvgIpc) is 2.93. The van der Waals surface area contributed by atoms with Crippen LogP contribution in [-0.2, 0) is 9.31 Å². The number of rotatable bonds is 5. The van der Waals surface area contributed by atoms with Crippen molar-refractivity contribution in [3.8, 4) is 23.0 Å². The molecule has 31 heavy (non-hydrogen) atoms. The Bertz CT molecular complexity index is 1010. The number of hydrogen-bond donors (Lipinski definition) is 1. The highest BCUT2D eigenvalue weighted by Crippen LogP contribution is 2.49. The number of unbranched alkanes of at least 4 members (excludes halogenated alkanes) is 1. The van der Waals surface area contributed by atoms with Crippen LogP contribution in [0.1, 0.15) is 58.6 Å². The molecule has 1 N–H and O–H groups in total. The van der Waals surface area contributed by atoms with Gasteiger partial charge in [-0.05, 0) is 58.4 Å². The van der Waals surface area contributed by atoms with Gasteiger partial charge in [0.25, 0.3) is 0 Å². The Labute approximate surface area is 182 Å². The van der Waals surface area contributed by atoms with Crippen molar-refractivity contribution in [1.29, 1.82) is 0 Å². The van der Waals surface area contributed by atoms with Gasteiger partial charge in [-0.2, -0.15) is 0 Å². The lowest BCUT2D eigenvalue weighted by molar-refractivity contribution is 0.00578. The molecule has 0 spiro atoms. The van der Waals surface area contributed by atoms with Crippen LogP contribution in [0.3, 0.4) is 0 Å². The molecule has 5 nitrogen and oxygen atoms in total. The third kappa shape index (κ3) is 3.92. The fourth-order valence-electron chi connectivity index (χ4n) is 3.61. The maximum atomic E-state index is 16.0. The molecule has 0 bridgehead atoms. The molecule has 1 saturated heterocycles. The monoisotopic (exact) mass is 426 g/mol. The van der Waals surface area contributed by atoms with Gasteiger partial charge in [-0.25, -0.2) is 4.39 Å². The van der Waals surface area contributed by atoms with E-state index < -0.39 is 24.0 Å². The topological polar surface area (TPSA) is 57.2 Å². The highest BCUT2D eigenvalue weighted by molar-refractivity contribution is 6.55. The number of fused-ring (bicyclic) bond motifs is 2. The molecule has 164 valence electrons. The molecule has 2 aromatic carbocycles. The first-order chi connectivity index (χ1) is 14.6. The van der Waals surface area contributed by atoms with Crippen LogP contribution in [0.4, 0.5) is 4.39 Å². The molecule has 2 aromatic rings. The lowest BCUT2D eigenvalue weighted by atomic mass is 9.79. The molecule has 0 unspecified atom stereocenters. The summed E-state index contributed by atoms with van der Waals surface area (Å²) in [5.74, 6) is 1.49. The number of hydrogen-bond acceptors (Lipinski definition) is 5. The first-order valence-electron chi connectivity index (χ1n) is 10.7. The van der Waals surface area contributed by atoms with Gasteiger partial charge < -0.3 is 23.9 Å². The van der Waals surface area contributed by atoms with Crippen molar-refractivity contribution in [2.75, 3.05) is 6.61 Å². The summed E-state index contributed by atoms with van der Waals surface area (Å²) in [6.45, 7) is 10.2. The zero-order chi connectivity index (χ0) is 22.4. The largest absolute Gasteiger partial charge is 0.525 e. The van der Waals surface area contributed by atoms with E-state index >= 15 is 4.39 Å². The Morgan fingerprint density at radius 1 is 1.00 bits per heavy atom. The van der Waals surface area contributed by atoms with Crippen molar-refractivity contribution in [3.63, 3.8) is 0 Å². The van der Waals surface area contributed by atoms with Gasteiger partial charge in [0.2, 0.25) is 0 Å². The van der Waals surface area contributed by atoms with E-state index in [-0.39, 0.29) is 5.75 Å². The predicted molar refractivity (Wildman–Crippen MR) is 118 cm³/mol. The van der Waals surface area contributed by atoms with Crippen LogP contribution in [0.25, 0.3) is 5.57 Å². The number of halogens is 1. The van der Waals surface area contributed by atoms with Gasteiger partial charge in [0.05, 0.1) is 17.8 Å². The highest BCUT2D eigenvalue weighted by Gasteiger charge is 2.54. The van der Waals surface area contributed by atoms with E-state index in [0.29, 0.717) is 40.6 Å². The third-order valence-corrected chi connectivity index (χ3v) is 6.14. The summed E-state index contributed by atoms with van der Waals surface area (Å²) in [5.41, 5.74) is -0.438. The normalized spacial score (nSPS) is 20.0. The number of aromatic hydroxyl groups is 1. The van der Waals surface area contributed by atoms with Crippen molar-refractivity contribution in [2.45, 2.75) is 58.7 Å². The minimum absolute atomic E-state index is 0.0351. The maximum absolute atomic E-state index is 16.0. The second-order valence-corrected chi connectivity index (χ2v) is 8.95. The molecule has 4 rings (SSSR count). The highest BCUT2D eigenvalue weighted by atomic mass is 19.1. The van der Waals surface area contributed by atoms with Crippen LogP contribution >= 0.6 is 0 Å². The SMILES string of the molecule is CCCCOc1ccc2c(c1)Oc1cc(O)ccc1C2=C(F)B1OC(C)(C)C(C)(C)O1. The molecule has 0 aliphatic carbocycles. The Morgan fingerprint density at radius 3 is 2.26 bits per heavy atom. The van der Waals surface area contributed by atoms with Gasteiger partial charge >= 0.3 is 7.12 Å². The Kier molecular flexibility index (Phi) is 5.52. The van der Waals surface area contributed by atoms with Crippen LogP contribution in [0.15, 0.2) is 42.1 Å². The van der Waals surface area contributed by atoms with Gasteiger partial charge in [0.15, 0.2) is 0 Å². The van der Waals surface area contributed by atoms with E-state index in [1.165, 1.54) is 12.1 Å². The van der Waals surface area contributed by atoms with Crippen LogP contribution < -0.4 is 9.47 Å². The number of ether oxygens (including phenoxy) is 2. The second kappa shape index (κ2) is 7.88. The minimum Gasteiger partial charge on any atom is -0.508 e. The Balaban J connectivity index is 1.80. The molecule has 0 saturated carbocycles. The number of benzene rings is 2. The summed E-state index contributed by atoms with van der Waals surface area (Å²) in [7, 11) is -1.15. The molecule has 2 aliphatic heterocycles. The van der Waals surface area contributed by atoms with Crippen molar-refractivity contribution in [2.24, 2.45) is 0 Å². The summed E-state index contributed by atoms with van der Waals surface area (Å²) in [5, 5.41) is 9.94. The Morgan fingerprint density at radius 2 is 1.61 bits per heavy atom. The summed E-state index contributed by atoms with van der Waals surface area (Å²) in [6.07, 6.45) is 1.97. The first kappa shape index (κ1) is 21.7. The first-order valence-corrected chi connectivity index (χ1v) is 10.7.